The van der Waals surface area contributed by atoms with Crippen LogP contribution in [0.5, 0.6) is 0 Å². The molecule has 0 aromatic heterocycles. The van der Waals surface area contributed by atoms with Crippen LogP contribution in [0.4, 0.5) is 0 Å². The van der Waals surface area contributed by atoms with E-state index in [-0.39, 0.29) is 13.0 Å². The summed E-state index contributed by atoms with van der Waals surface area (Å²) < 4.78 is 9.52. The van der Waals surface area contributed by atoms with Gasteiger partial charge in [0, 0.05) is 13.5 Å². The number of methoxy groups -OCH3 is 1. The van der Waals surface area contributed by atoms with Crippen molar-refractivity contribution in [2.75, 3.05) is 13.7 Å². The van der Waals surface area contributed by atoms with Gasteiger partial charge in [0.2, 0.25) is 5.78 Å². The highest BCUT2D eigenvalue weighted by Gasteiger charge is 2.21. The van der Waals surface area contributed by atoms with Crippen LogP contribution in [0, 0.1) is 0 Å². The van der Waals surface area contributed by atoms with Gasteiger partial charge < -0.3 is 9.47 Å². The molecule has 4 nitrogen and oxygen atoms in total. The van der Waals surface area contributed by atoms with Crippen LogP contribution in [0.25, 0.3) is 0 Å². The Labute approximate surface area is 78.2 Å². The van der Waals surface area contributed by atoms with Gasteiger partial charge >= 0.3 is 5.97 Å². The molecule has 0 heterocycles. The van der Waals surface area contributed by atoms with Crippen molar-refractivity contribution >= 4 is 11.8 Å². The van der Waals surface area contributed by atoms with E-state index in [1.165, 1.54) is 7.11 Å². The number of esters is 1. The first-order chi connectivity index (χ1) is 5.87. The minimum absolute atomic E-state index is 0.0748. The van der Waals surface area contributed by atoms with E-state index in [0.29, 0.717) is 0 Å². The summed E-state index contributed by atoms with van der Waals surface area (Å²) >= 11 is 0. The van der Waals surface area contributed by atoms with E-state index >= 15 is 0 Å². The lowest BCUT2D eigenvalue weighted by atomic mass is 10.2. The Morgan fingerprint density at radius 1 is 1.23 bits per heavy atom. The minimum atomic E-state index is -0.787. The van der Waals surface area contributed by atoms with Crippen LogP contribution in [0.3, 0.4) is 0 Å². The molecule has 0 saturated carbocycles. The second-order valence-corrected chi connectivity index (χ2v) is 3.67. The average molecular weight is 188 g/mol. The average Bonchev–Trinajstić information content (AvgIpc) is 1.96. The van der Waals surface area contributed by atoms with Crippen molar-refractivity contribution in [3.8, 4) is 0 Å². The molecule has 0 atom stereocenters. The molecule has 0 aliphatic rings. The predicted molar refractivity (Wildman–Crippen MR) is 47.3 cm³/mol. The Morgan fingerprint density at radius 2 is 1.77 bits per heavy atom. The lowest BCUT2D eigenvalue weighted by Crippen LogP contribution is -2.29. The second-order valence-electron chi connectivity index (χ2n) is 3.67. The van der Waals surface area contributed by atoms with Crippen LogP contribution in [0.2, 0.25) is 0 Å². The molecular formula is C9H16O4. The summed E-state index contributed by atoms with van der Waals surface area (Å²) in [5.74, 6) is -1.33. The summed E-state index contributed by atoms with van der Waals surface area (Å²) in [6, 6.07) is 0. The molecule has 0 bridgehead atoms. The van der Waals surface area contributed by atoms with Crippen molar-refractivity contribution in [1.29, 1.82) is 0 Å². The van der Waals surface area contributed by atoms with E-state index in [0.717, 1.165) is 0 Å². The van der Waals surface area contributed by atoms with Crippen molar-refractivity contribution in [3.05, 3.63) is 0 Å². The third-order valence-corrected chi connectivity index (χ3v) is 1.16. The lowest BCUT2D eigenvalue weighted by molar-refractivity contribution is -0.162. The van der Waals surface area contributed by atoms with Gasteiger partial charge in [-0.1, -0.05) is 0 Å². The summed E-state index contributed by atoms with van der Waals surface area (Å²) in [6.45, 7) is 5.40. The predicted octanol–water partition coefficient (Wildman–Crippen LogP) is 0.934. The maximum atomic E-state index is 11.0. The molecule has 0 aromatic rings. The molecular weight excluding hydrogens is 172 g/mol. The normalized spacial score (nSPS) is 11.1. The summed E-state index contributed by atoms with van der Waals surface area (Å²) in [6.07, 6.45) is 0.0748. The fourth-order valence-corrected chi connectivity index (χ4v) is 0.632. The van der Waals surface area contributed by atoms with Gasteiger partial charge in [0.1, 0.15) is 5.60 Å². The zero-order valence-electron chi connectivity index (χ0n) is 8.55. The van der Waals surface area contributed by atoms with Crippen LogP contribution in [0.1, 0.15) is 27.2 Å². The molecule has 0 radical (unpaired) electrons. The van der Waals surface area contributed by atoms with E-state index in [9.17, 15) is 9.59 Å². The number of Topliss-reactive ketones (excluding diaryl/α,β-unsaturated/α-hetero) is 1. The maximum Gasteiger partial charge on any atom is 0.375 e. The Morgan fingerprint density at radius 3 is 2.15 bits per heavy atom. The second kappa shape index (κ2) is 4.97. The van der Waals surface area contributed by atoms with Gasteiger partial charge in [-0.2, -0.15) is 0 Å². The number of rotatable bonds is 4. The zero-order chi connectivity index (χ0) is 10.5. The third-order valence-electron chi connectivity index (χ3n) is 1.16. The first-order valence-corrected chi connectivity index (χ1v) is 4.12. The molecule has 0 fully saturated rings. The molecule has 4 heteroatoms. The highest BCUT2D eigenvalue weighted by atomic mass is 16.6. The Kier molecular flexibility index (Phi) is 4.62. The molecule has 0 N–H and O–H groups in total. The molecule has 0 rings (SSSR count). The molecule has 13 heavy (non-hydrogen) atoms. The fraction of sp³-hybridized carbons (Fsp3) is 0.778. The fourth-order valence-electron chi connectivity index (χ4n) is 0.632. The van der Waals surface area contributed by atoms with Gasteiger partial charge in [-0.25, -0.2) is 4.79 Å². The summed E-state index contributed by atoms with van der Waals surface area (Å²) in [7, 11) is 1.47. The van der Waals surface area contributed by atoms with Crippen LogP contribution >= 0.6 is 0 Å². The topological polar surface area (TPSA) is 52.6 Å². The van der Waals surface area contributed by atoms with Crippen molar-refractivity contribution < 1.29 is 19.1 Å². The molecule has 76 valence electrons. The van der Waals surface area contributed by atoms with E-state index in [1.807, 2.05) is 0 Å². The van der Waals surface area contributed by atoms with Crippen LogP contribution in [0.15, 0.2) is 0 Å². The van der Waals surface area contributed by atoms with Gasteiger partial charge in [-0.15, -0.1) is 0 Å². The summed E-state index contributed by atoms with van der Waals surface area (Å²) in [5.41, 5.74) is -0.611. The monoisotopic (exact) mass is 188 g/mol. The molecule has 0 unspecified atom stereocenters. The largest absolute Gasteiger partial charge is 0.454 e. The first-order valence-electron chi connectivity index (χ1n) is 4.12. The molecule has 0 saturated heterocycles. The summed E-state index contributed by atoms with van der Waals surface area (Å²) in [4.78, 5) is 22.1. The SMILES string of the molecule is COCCC(=O)C(=O)OC(C)(C)C. The zero-order valence-corrected chi connectivity index (χ0v) is 8.55. The van der Waals surface area contributed by atoms with Gasteiger partial charge in [0.25, 0.3) is 0 Å². The Bertz CT molecular complexity index is 190. The molecule has 0 aliphatic carbocycles. The van der Waals surface area contributed by atoms with E-state index < -0.39 is 17.4 Å². The molecule has 0 aliphatic heterocycles. The van der Waals surface area contributed by atoms with Crippen LogP contribution in [-0.2, 0) is 19.1 Å². The van der Waals surface area contributed by atoms with E-state index in [1.54, 1.807) is 20.8 Å². The molecule has 0 spiro atoms. The highest BCUT2D eigenvalue weighted by molar-refractivity contribution is 6.33. The third kappa shape index (κ3) is 6.28. The Balaban J connectivity index is 3.91. The van der Waals surface area contributed by atoms with Crippen LogP contribution in [-0.4, -0.2) is 31.1 Å². The summed E-state index contributed by atoms with van der Waals surface area (Å²) in [5, 5.41) is 0. The van der Waals surface area contributed by atoms with E-state index in [4.69, 9.17) is 4.74 Å². The lowest BCUT2D eigenvalue weighted by Gasteiger charge is -2.18. The number of hydrogen-bond donors (Lipinski definition) is 0. The number of carbonyl (C=O) groups excluding carboxylic acids is 2. The number of hydrogen-bond acceptors (Lipinski definition) is 4. The molecule has 0 amide bonds. The number of carbonyl (C=O) groups is 2. The van der Waals surface area contributed by atoms with Gasteiger partial charge in [-0.05, 0) is 20.8 Å². The first kappa shape index (κ1) is 12.1. The Hall–Kier alpha value is -0.900. The van der Waals surface area contributed by atoms with Crippen molar-refractivity contribution in [2.45, 2.75) is 32.8 Å². The molecule has 0 aromatic carbocycles. The standard InChI is InChI=1S/C9H16O4/c1-9(2,3)13-8(11)7(10)5-6-12-4/h5-6H2,1-4H3. The smallest absolute Gasteiger partial charge is 0.375 e. The van der Waals surface area contributed by atoms with Crippen LogP contribution < -0.4 is 0 Å². The quantitative estimate of drug-likeness (QED) is 0.486. The van der Waals surface area contributed by atoms with Crippen molar-refractivity contribution in [2.24, 2.45) is 0 Å². The minimum Gasteiger partial charge on any atom is -0.454 e. The van der Waals surface area contributed by atoms with Crippen molar-refractivity contribution in [3.63, 3.8) is 0 Å². The van der Waals surface area contributed by atoms with Gasteiger partial charge in [0.15, 0.2) is 0 Å². The van der Waals surface area contributed by atoms with Crippen molar-refractivity contribution in [1.82, 2.24) is 0 Å². The number of ketones is 1. The van der Waals surface area contributed by atoms with Gasteiger partial charge in [0.05, 0.1) is 6.61 Å². The van der Waals surface area contributed by atoms with E-state index in [2.05, 4.69) is 4.74 Å². The maximum absolute atomic E-state index is 11.0. The van der Waals surface area contributed by atoms with Gasteiger partial charge in [-0.3, -0.25) is 4.79 Å². The number of ether oxygens (including phenoxy) is 2. The highest BCUT2D eigenvalue weighted by Crippen LogP contribution is 2.07.